The molecule has 0 spiro atoms. The second-order valence-corrected chi connectivity index (χ2v) is 9.63. The monoisotopic (exact) mass is 326 g/mol. The Morgan fingerprint density at radius 3 is 1.46 bits per heavy atom. The van der Waals surface area contributed by atoms with Crippen LogP contribution < -0.4 is 0 Å². The molecule has 2 aromatic rings. The number of rotatable bonds is 5. The summed E-state index contributed by atoms with van der Waals surface area (Å²) in [4.78, 5) is 0. The van der Waals surface area contributed by atoms with E-state index in [1.54, 1.807) is 10.4 Å². The molecular formula is C23H22Si. The lowest BCUT2D eigenvalue weighted by Gasteiger charge is -2.29. The van der Waals surface area contributed by atoms with Crippen LogP contribution in [-0.4, -0.2) is 8.80 Å². The first-order valence-corrected chi connectivity index (χ1v) is 10.6. The van der Waals surface area contributed by atoms with Gasteiger partial charge in [-0.15, -0.1) is 0 Å². The molecule has 0 unspecified atom stereocenters. The summed E-state index contributed by atoms with van der Waals surface area (Å²) < 4.78 is 0. The normalized spacial score (nSPS) is 16.1. The van der Waals surface area contributed by atoms with Gasteiger partial charge in [-0.2, -0.15) is 0 Å². The molecule has 24 heavy (non-hydrogen) atoms. The van der Waals surface area contributed by atoms with E-state index in [1.165, 1.54) is 11.1 Å². The topological polar surface area (TPSA) is 0 Å². The van der Waals surface area contributed by atoms with Gasteiger partial charge in [0.25, 0.3) is 0 Å². The second-order valence-electron chi connectivity index (χ2n) is 6.52. The average Bonchev–Trinajstić information content (AvgIpc) is 3.35. The van der Waals surface area contributed by atoms with E-state index in [-0.39, 0.29) is 0 Å². The van der Waals surface area contributed by atoms with Gasteiger partial charge in [-0.1, -0.05) is 108 Å². The smallest absolute Gasteiger partial charge is 0.0809 e. The van der Waals surface area contributed by atoms with E-state index < -0.39 is 8.80 Å². The highest BCUT2D eigenvalue weighted by molar-refractivity contribution is 6.76. The molecule has 0 aliphatic heterocycles. The lowest BCUT2D eigenvalue weighted by atomic mass is 10.0. The summed E-state index contributed by atoms with van der Waals surface area (Å²) in [7, 11) is -1.31. The zero-order valence-corrected chi connectivity index (χ0v) is 15.0. The Morgan fingerprint density at radius 1 is 0.625 bits per heavy atom. The van der Waals surface area contributed by atoms with Crippen LogP contribution in [0.1, 0.15) is 29.5 Å². The summed E-state index contributed by atoms with van der Waals surface area (Å²) >= 11 is 0. The van der Waals surface area contributed by atoms with E-state index in [0.717, 1.165) is 12.8 Å². The van der Waals surface area contributed by atoms with Crippen molar-refractivity contribution in [2.75, 3.05) is 0 Å². The molecule has 0 nitrogen and oxygen atoms in total. The van der Waals surface area contributed by atoms with Crippen molar-refractivity contribution in [3.8, 4) is 0 Å². The fraction of sp³-hybridized carbons (Fsp3) is 0.130. The van der Waals surface area contributed by atoms with E-state index in [2.05, 4.69) is 97.1 Å². The minimum atomic E-state index is -1.31. The zero-order valence-electron chi connectivity index (χ0n) is 13.8. The molecule has 2 aliphatic rings. The van der Waals surface area contributed by atoms with Crippen LogP contribution in [0.3, 0.4) is 0 Å². The van der Waals surface area contributed by atoms with Crippen molar-refractivity contribution >= 4 is 8.80 Å². The molecule has 118 valence electrons. The van der Waals surface area contributed by atoms with Crippen LogP contribution >= 0.6 is 0 Å². The summed E-state index contributed by atoms with van der Waals surface area (Å²) in [5.41, 5.74) is 3.42. The molecular weight excluding hydrogens is 304 g/mol. The molecule has 0 radical (unpaired) electrons. The maximum absolute atomic E-state index is 2.38. The number of benzene rings is 2. The molecule has 0 fully saturated rings. The summed E-state index contributed by atoms with van der Waals surface area (Å²) in [5, 5.41) is 3.34. The Morgan fingerprint density at radius 2 is 1.08 bits per heavy atom. The van der Waals surface area contributed by atoms with Crippen molar-refractivity contribution in [3.05, 3.63) is 119 Å². The standard InChI is InChI=1S/C23H22Si/c1-3-11-19(12-4-1)23(20-13-5-2-6-14-20)24(21-15-7-8-16-21)22-17-9-10-18-22/h1-15,17,23-24H,16,18H2. The average molecular weight is 327 g/mol. The Balaban J connectivity index is 1.83. The molecule has 0 amide bonds. The van der Waals surface area contributed by atoms with Gasteiger partial charge in [-0.25, -0.2) is 0 Å². The van der Waals surface area contributed by atoms with Gasteiger partial charge in [0.2, 0.25) is 0 Å². The molecule has 0 saturated heterocycles. The first kappa shape index (κ1) is 15.2. The van der Waals surface area contributed by atoms with E-state index in [1.807, 2.05) is 0 Å². The summed E-state index contributed by atoms with van der Waals surface area (Å²) in [6, 6.07) is 22.2. The molecule has 2 aromatic carbocycles. The number of hydrogen-bond acceptors (Lipinski definition) is 0. The van der Waals surface area contributed by atoms with E-state index in [0.29, 0.717) is 5.54 Å². The van der Waals surface area contributed by atoms with Crippen LogP contribution in [0, 0.1) is 0 Å². The molecule has 4 rings (SSSR count). The first-order chi connectivity index (χ1) is 11.9. The van der Waals surface area contributed by atoms with Gasteiger partial charge in [-0.3, -0.25) is 0 Å². The van der Waals surface area contributed by atoms with Gasteiger partial charge in [-0.05, 0) is 24.0 Å². The fourth-order valence-electron chi connectivity index (χ4n) is 3.95. The Labute approximate surface area is 146 Å². The SMILES string of the molecule is C1=CCC([SiH](C2=CC=CC2)C(c2ccccc2)c2ccccc2)=C1. The van der Waals surface area contributed by atoms with Gasteiger partial charge >= 0.3 is 0 Å². The fourth-order valence-corrected chi connectivity index (χ4v) is 7.92. The molecule has 0 bridgehead atoms. The van der Waals surface area contributed by atoms with Crippen molar-refractivity contribution < 1.29 is 0 Å². The molecule has 0 aromatic heterocycles. The van der Waals surface area contributed by atoms with E-state index >= 15 is 0 Å². The largest absolute Gasteiger partial charge is 0.105 e. The van der Waals surface area contributed by atoms with Crippen LogP contribution in [0.2, 0.25) is 0 Å². The van der Waals surface area contributed by atoms with Gasteiger partial charge in [0.1, 0.15) is 8.80 Å². The van der Waals surface area contributed by atoms with Crippen LogP contribution in [0.4, 0.5) is 0 Å². The van der Waals surface area contributed by atoms with Crippen molar-refractivity contribution in [1.82, 2.24) is 0 Å². The van der Waals surface area contributed by atoms with Crippen molar-refractivity contribution in [2.45, 2.75) is 18.4 Å². The highest BCUT2D eigenvalue weighted by Gasteiger charge is 2.32. The van der Waals surface area contributed by atoms with Crippen molar-refractivity contribution in [1.29, 1.82) is 0 Å². The highest BCUT2D eigenvalue weighted by atomic mass is 28.3. The van der Waals surface area contributed by atoms with Gasteiger partial charge < -0.3 is 0 Å². The third kappa shape index (κ3) is 3.00. The van der Waals surface area contributed by atoms with Crippen LogP contribution in [0.5, 0.6) is 0 Å². The van der Waals surface area contributed by atoms with Crippen LogP contribution in [-0.2, 0) is 0 Å². The maximum atomic E-state index is 2.38. The third-order valence-electron chi connectivity index (χ3n) is 5.05. The molecule has 1 heteroatoms. The van der Waals surface area contributed by atoms with Crippen molar-refractivity contribution in [2.24, 2.45) is 0 Å². The summed E-state index contributed by atoms with van der Waals surface area (Å²) in [6.07, 6.45) is 16.1. The van der Waals surface area contributed by atoms with E-state index in [9.17, 15) is 0 Å². The highest BCUT2D eigenvalue weighted by Crippen LogP contribution is 2.37. The predicted molar refractivity (Wildman–Crippen MR) is 106 cm³/mol. The quantitative estimate of drug-likeness (QED) is 0.642. The lowest BCUT2D eigenvalue weighted by molar-refractivity contribution is 1.09. The maximum Gasteiger partial charge on any atom is 0.105 e. The van der Waals surface area contributed by atoms with Gasteiger partial charge in [0.05, 0.1) is 0 Å². The Hall–Kier alpha value is -2.38. The summed E-state index contributed by atoms with van der Waals surface area (Å²) in [5.74, 6) is 0. The molecule has 0 N–H and O–H groups in total. The molecule has 0 heterocycles. The predicted octanol–water partition coefficient (Wildman–Crippen LogP) is 5.44. The van der Waals surface area contributed by atoms with E-state index in [4.69, 9.17) is 0 Å². The first-order valence-electron chi connectivity index (χ1n) is 8.74. The molecule has 0 saturated carbocycles. The van der Waals surface area contributed by atoms with Crippen LogP contribution in [0.25, 0.3) is 0 Å². The zero-order chi connectivity index (χ0) is 16.2. The minimum Gasteiger partial charge on any atom is -0.0809 e. The minimum absolute atomic E-state index is 0.504. The Kier molecular flexibility index (Phi) is 4.44. The van der Waals surface area contributed by atoms with Gasteiger partial charge in [0, 0.05) is 5.54 Å². The van der Waals surface area contributed by atoms with Crippen LogP contribution in [0.15, 0.2) is 108 Å². The lowest BCUT2D eigenvalue weighted by Crippen LogP contribution is -2.29. The molecule has 2 aliphatic carbocycles. The number of allylic oxidation sites excluding steroid dienone is 8. The van der Waals surface area contributed by atoms with Crippen molar-refractivity contribution in [3.63, 3.8) is 0 Å². The second kappa shape index (κ2) is 7.02. The molecule has 0 atom stereocenters. The third-order valence-corrected chi connectivity index (χ3v) is 8.94. The summed E-state index contributed by atoms with van der Waals surface area (Å²) in [6.45, 7) is 0. The number of hydrogen-bond donors (Lipinski definition) is 0. The Bertz CT molecular complexity index is 740. The van der Waals surface area contributed by atoms with Gasteiger partial charge in [0.15, 0.2) is 0 Å².